The molecule has 0 amide bonds. The fourth-order valence-electron chi connectivity index (χ4n) is 1.49. The largest absolute Gasteiger partial charge is 0.296 e. The van der Waals surface area contributed by atoms with E-state index in [0.717, 1.165) is 5.57 Å². The van der Waals surface area contributed by atoms with Crippen LogP contribution in [0.3, 0.4) is 0 Å². The fourth-order valence-corrected chi connectivity index (χ4v) is 2.16. The molecule has 2 heteroatoms. The Bertz CT molecular complexity index is 481. The van der Waals surface area contributed by atoms with Gasteiger partial charge in [0.15, 0.2) is 0 Å². The highest BCUT2D eigenvalue weighted by molar-refractivity contribution is 7.10. The van der Waals surface area contributed by atoms with Crippen molar-refractivity contribution in [1.29, 1.82) is 0 Å². The average Bonchev–Trinajstić information content (AvgIpc) is 2.83. The summed E-state index contributed by atoms with van der Waals surface area (Å²) in [7, 11) is 1.80. The van der Waals surface area contributed by atoms with E-state index in [4.69, 9.17) is 0 Å². The normalized spacial score (nSPS) is 12.2. The number of aliphatic imine (C=N–C) groups is 1. The average molecular weight is 227 g/mol. The Morgan fingerprint density at radius 2 is 1.94 bits per heavy atom. The summed E-state index contributed by atoms with van der Waals surface area (Å²) in [5.41, 5.74) is 2.34. The van der Waals surface area contributed by atoms with Gasteiger partial charge in [0, 0.05) is 23.7 Å². The van der Waals surface area contributed by atoms with Gasteiger partial charge in [-0.25, -0.2) is 0 Å². The van der Waals surface area contributed by atoms with Crippen LogP contribution in [0.15, 0.2) is 52.8 Å². The molecule has 0 saturated heterocycles. The van der Waals surface area contributed by atoms with E-state index in [0.29, 0.717) is 0 Å². The molecule has 16 heavy (non-hydrogen) atoms. The van der Waals surface area contributed by atoms with Gasteiger partial charge in [-0.1, -0.05) is 36.4 Å². The number of nitrogens with zero attached hydrogens (tertiary/aromatic N) is 1. The van der Waals surface area contributed by atoms with E-state index in [2.05, 4.69) is 40.7 Å². The molecule has 1 heterocycles. The van der Waals surface area contributed by atoms with Crippen molar-refractivity contribution in [2.75, 3.05) is 7.05 Å². The van der Waals surface area contributed by atoms with Crippen molar-refractivity contribution in [3.05, 3.63) is 58.3 Å². The molecule has 0 aliphatic heterocycles. The van der Waals surface area contributed by atoms with Crippen LogP contribution >= 0.6 is 11.3 Å². The maximum atomic E-state index is 4.10. The number of hydrogen-bond donors (Lipinski definition) is 0. The SMILES string of the molecule is CN=C/C(=C/c1cccs1)c1ccccc1. The van der Waals surface area contributed by atoms with Crippen molar-refractivity contribution >= 4 is 29.2 Å². The zero-order chi connectivity index (χ0) is 11.2. The lowest BCUT2D eigenvalue weighted by Gasteiger charge is -2.00. The fraction of sp³-hybridized carbons (Fsp3) is 0.0714. The zero-order valence-electron chi connectivity index (χ0n) is 9.13. The lowest BCUT2D eigenvalue weighted by Crippen LogP contribution is -1.84. The summed E-state index contributed by atoms with van der Waals surface area (Å²) in [6, 6.07) is 14.5. The van der Waals surface area contributed by atoms with E-state index in [1.807, 2.05) is 24.4 Å². The lowest BCUT2D eigenvalue weighted by atomic mass is 10.1. The lowest BCUT2D eigenvalue weighted by molar-refractivity contribution is 1.47. The summed E-state index contributed by atoms with van der Waals surface area (Å²) in [6.45, 7) is 0. The predicted molar refractivity (Wildman–Crippen MR) is 73.0 cm³/mol. The van der Waals surface area contributed by atoms with Crippen molar-refractivity contribution < 1.29 is 0 Å². The molecule has 0 bridgehead atoms. The Balaban J connectivity index is 2.39. The Labute approximate surface area is 99.8 Å². The van der Waals surface area contributed by atoms with Gasteiger partial charge < -0.3 is 0 Å². The molecule has 0 spiro atoms. The van der Waals surface area contributed by atoms with Gasteiger partial charge in [-0.15, -0.1) is 11.3 Å². The molecule has 0 radical (unpaired) electrons. The number of thiophene rings is 1. The van der Waals surface area contributed by atoms with E-state index in [1.165, 1.54) is 10.4 Å². The third kappa shape index (κ3) is 2.67. The molecule has 1 aromatic heterocycles. The van der Waals surface area contributed by atoms with Crippen LogP contribution < -0.4 is 0 Å². The molecule has 80 valence electrons. The molecular weight excluding hydrogens is 214 g/mol. The van der Waals surface area contributed by atoms with E-state index in [1.54, 1.807) is 18.4 Å². The maximum absolute atomic E-state index is 4.10. The van der Waals surface area contributed by atoms with Crippen molar-refractivity contribution in [3.8, 4) is 0 Å². The molecule has 2 rings (SSSR count). The van der Waals surface area contributed by atoms with Crippen LogP contribution in [-0.2, 0) is 0 Å². The van der Waals surface area contributed by atoms with Crippen LogP contribution in [0.25, 0.3) is 11.6 Å². The molecule has 0 aliphatic carbocycles. The van der Waals surface area contributed by atoms with Gasteiger partial charge in [0.05, 0.1) is 0 Å². The summed E-state index contributed by atoms with van der Waals surface area (Å²) >= 11 is 1.73. The molecule has 0 unspecified atom stereocenters. The number of rotatable bonds is 3. The van der Waals surface area contributed by atoms with Crippen LogP contribution in [0, 0.1) is 0 Å². The summed E-state index contributed by atoms with van der Waals surface area (Å²) in [5, 5.41) is 2.08. The molecule has 0 saturated carbocycles. The van der Waals surface area contributed by atoms with Gasteiger partial charge in [-0.3, -0.25) is 4.99 Å². The van der Waals surface area contributed by atoms with Gasteiger partial charge in [-0.05, 0) is 23.1 Å². The first kappa shape index (κ1) is 10.8. The minimum absolute atomic E-state index is 1.14. The number of allylic oxidation sites excluding steroid dienone is 1. The Kier molecular flexibility index (Phi) is 3.67. The maximum Gasteiger partial charge on any atom is 0.0287 e. The first-order chi connectivity index (χ1) is 7.90. The first-order valence-corrected chi connectivity index (χ1v) is 6.01. The topological polar surface area (TPSA) is 12.4 Å². The monoisotopic (exact) mass is 227 g/mol. The third-order valence-electron chi connectivity index (χ3n) is 2.22. The second kappa shape index (κ2) is 5.42. The highest BCUT2D eigenvalue weighted by atomic mass is 32.1. The summed E-state index contributed by atoms with van der Waals surface area (Å²) in [6.07, 6.45) is 4.06. The Morgan fingerprint density at radius 1 is 1.12 bits per heavy atom. The van der Waals surface area contributed by atoms with Crippen LogP contribution in [0.2, 0.25) is 0 Å². The smallest absolute Gasteiger partial charge is 0.0287 e. The van der Waals surface area contributed by atoms with E-state index in [-0.39, 0.29) is 0 Å². The van der Waals surface area contributed by atoms with Crippen molar-refractivity contribution in [1.82, 2.24) is 0 Å². The molecule has 1 nitrogen and oxygen atoms in total. The minimum atomic E-state index is 1.14. The van der Waals surface area contributed by atoms with Crippen LogP contribution in [0.4, 0.5) is 0 Å². The number of benzene rings is 1. The van der Waals surface area contributed by atoms with Crippen LogP contribution in [0.1, 0.15) is 10.4 Å². The molecule has 0 N–H and O–H groups in total. The Morgan fingerprint density at radius 3 is 2.56 bits per heavy atom. The van der Waals surface area contributed by atoms with Gasteiger partial charge in [0.1, 0.15) is 0 Å². The van der Waals surface area contributed by atoms with Gasteiger partial charge in [0.25, 0.3) is 0 Å². The molecular formula is C14H13NS. The zero-order valence-corrected chi connectivity index (χ0v) is 9.95. The summed E-state index contributed by atoms with van der Waals surface area (Å²) in [4.78, 5) is 5.35. The van der Waals surface area contributed by atoms with Crippen molar-refractivity contribution in [2.45, 2.75) is 0 Å². The molecule has 0 fully saturated rings. The standard InChI is InChI=1S/C14H13NS/c1-15-11-13(10-14-8-5-9-16-14)12-6-3-2-4-7-12/h2-11H,1H3/b13-10-,15-11?. The van der Waals surface area contributed by atoms with Gasteiger partial charge in [0.2, 0.25) is 0 Å². The van der Waals surface area contributed by atoms with Crippen molar-refractivity contribution in [3.63, 3.8) is 0 Å². The second-order valence-electron chi connectivity index (χ2n) is 3.37. The third-order valence-corrected chi connectivity index (χ3v) is 3.04. The van der Waals surface area contributed by atoms with E-state index >= 15 is 0 Å². The molecule has 1 aromatic carbocycles. The van der Waals surface area contributed by atoms with Gasteiger partial charge in [-0.2, -0.15) is 0 Å². The molecule has 0 atom stereocenters. The Hall–Kier alpha value is -1.67. The summed E-state index contributed by atoms with van der Waals surface area (Å²) < 4.78 is 0. The number of hydrogen-bond acceptors (Lipinski definition) is 2. The highest BCUT2D eigenvalue weighted by Crippen LogP contribution is 2.19. The minimum Gasteiger partial charge on any atom is -0.296 e. The van der Waals surface area contributed by atoms with Gasteiger partial charge >= 0.3 is 0 Å². The summed E-state index contributed by atoms with van der Waals surface area (Å²) in [5.74, 6) is 0. The second-order valence-corrected chi connectivity index (χ2v) is 4.35. The van der Waals surface area contributed by atoms with Crippen LogP contribution in [0.5, 0.6) is 0 Å². The van der Waals surface area contributed by atoms with E-state index in [9.17, 15) is 0 Å². The first-order valence-electron chi connectivity index (χ1n) is 5.13. The molecule has 2 aromatic rings. The van der Waals surface area contributed by atoms with E-state index < -0.39 is 0 Å². The molecule has 0 aliphatic rings. The quantitative estimate of drug-likeness (QED) is 0.703. The predicted octanol–water partition coefficient (Wildman–Crippen LogP) is 3.99. The van der Waals surface area contributed by atoms with Crippen molar-refractivity contribution in [2.24, 2.45) is 4.99 Å². The highest BCUT2D eigenvalue weighted by Gasteiger charge is 1.98. The van der Waals surface area contributed by atoms with Crippen LogP contribution in [-0.4, -0.2) is 13.3 Å².